The Morgan fingerprint density at radius 1 is 0.690 bits per heavy atom. The molecule has 0 spiro atoms. The molecule has 0 nitrogen and oxygen atoms in total. The highest BCUT2D eigenvalue weighted by Crippen LogP contribution is 2.47. The average Bonchev–Trinajstić information content (AvgIpc) is 2.75. The van der Waals surface area contributed by atoms with Gasteiger partial charge in [-0.15, -0.1) is 0 Å². The molecule has 29 heavy (non-hydrogen) atoms. The Bertz CT molecular complexity index is 609. The van der Waals surface area contributed by atoms with Crippen LogP contribution in [0.5, 0.6) is 0 Å². The van der Waals surface area contributed by atoms with Gasteiger partial charge in [-0.2, -0.15) is 0 Å². The monoisotopic (exact) mass is 404 g/mol. The topological polar surface area (TPSA) is 0 Å². The van der Waals surface area contributed by atoms with E-state index < -0.39 is 11.6 Å². The van der Waals surface area contributed by atoms with E-state index >= 15 is 0 Å². The molecule has 0 unspecified atom stereocenters. The molecule has 2 aliphatic rings. The number of benzene rings is 1. The summed E-state index contributed by atoms with van der Waals surface area (Å²) in [5.74, 6) is -1.39. The predicted molar refractivity (Wildman–Crippen MR) is 119 cm³/mol. The van der Waals surface area contributed by atoms with Gasteiger partial charge in [-0.3, -0.25) is 0 Å². The van der Waals surface area contributed by atoms with Crippen LogP contribution in [0.4, 0.5) is 8.78 Å². The fraction of sp³-hybridized carbons (Fsp3) is 0.778. The summed E-state index contributed by atoms with van der Waals surface area (Å²) < 4.78 is 27.5. The summed E-state index contributed by atoms with van der Waals surface area (Å²) in [6.45, 7) is 2.30. The van der Waals surface area contributed by atoms with Gasteiger partial charge in [0.2, 0.25) is 0 Å². The van der Waals surface area contributed by atoms with E-state index in [1.54, 1.807) is 0 Å². The summed E-state index contributed by atoms with van der Waals surface area (Å²) in [6, 6.07) is 4.69. The molecule has 2 saturated carbocycles. The molecule has 2 fully saturated rings. The second-order valence-corrected chi connectivity index (χ2v) is 10.2. The molecule has 0 aliphatic heterocycles. The van der Waals surface area contributed by atoms with Crippen LogP contribution in [0.15, 0.2) is 18.2 Å². The van der Waals surface area contributed by atoms with E-state index in [4.69, 9.17) is 0 Å². The van der Waals surface area contributed by atoms with E-state index in [0.717, 1.165) is 24.8 Å². The van der Waals surface area contributed by atoms with Crippen LogP contribution in [0, 0.1) is 17.0 Å². The van der Waals surface area contributed by atoms with Gasteiger partial charge in [0.1, 0.15) is 0 Å². The molecule has 3 rings (SSSR count). The molecule has 0 saturated heterocycles. The standard InChI is InChI=1S/C27H42F2/c1-2-3-6-15-26(16-7-4-8-17-26)18-11-12-21-27(19-9-5-10-20-27)23-13-14-24(28)25(29)22-23/h13-14,22H,2-12,15-21H2,1H3. The van der Waals surface area contributed by atoms with Gasteiger partial charge in [-0.05, 0) is 73.5 Å². The van der Waals surface area contributed by atoms with Crippen molar-refractivity contribution in [1.82, 2.24) is 0 Å². The van der Waals surface area contributed by atoms with Gasteiger partial charge in [0, 0.05) is 0 Å². The molecule has 0 radical (unpaired) electrons. The quantitative estimate of drug-likeness (QED) is 0.341. The lowest BCUT2D eigenvalue weighted by molar-refractivity contribution is 0.144. The maximum atomic E-state index is 14.0. The zero-order valence-electron chi connectivity index (χ0n) is 18.7. The summed E-state index contributed by atoms with van der Waals surface area (Å²) >= 11 is 0. The lowest BCUT2D eigenvalue weighted by atomic mass is 9.65. The number of halogens is 2. The Morgan fingerprint density at radius 2 is 1.28 bits per heavy atom. The zero-order valence-corrected chi connectivity index (χ0v) is 18.7. The van der Waals surface area contributed by atoms with Crippen molar-refractivity contribution in [3.63, 3.8) is 0 Å². The van der Waals surface area contributed by atoms with Gasteiger partial charge in [0.15, 0.2) is 11.6 Å². The lowest BCUT2D eigenvalue weighted by Crippen LogP contribution is -2.30. The molecule has 164 valence electrons. The predicted octanol–water partition coefficient (Wildman–Crippen LogP) is 9.26. The van der Waals surface area contributed by atoms with Crippen LogP contribution in [0.2, 0.25) is 0 Å². The average molecular weight is 405 g/mol. The molecule has 1 aromatic carbocycles. The molecule has 1 aromatic rings. The van der Waals surface area contributed by atoms with Crippen molar-refractivity contribution in [3.05, 3.63) is 35.4 Å². The highest BCUT2D eigenvalue weighted by molar-refractivity contribution is 5.27. The van der Waals surface area contributed by atoms with Crippen molar-refractivity contribution in [1.29, 1.82) is 0 Å². The van der Waals surface area contributed by atoms with Crippen LogP contribution in [0.3, 0.4) is 0 Å². The van der Waals surface area contributed by atoms with Gasteiger partial charge in [0.25, 0.3) is 0 Å². The third-order valence-corrected chi connectivity index (χ3v) is 8.18. The summed E-state index contributed by atoms with van der Waals surface area (Å²) in [4.78, 5) is 0. The fourth-order valence-electron chi connectivity index (χ4n) is 6.38. The minimum atomic E-state index is -0.717. The molecule has 0 bridgehead atoms. The molecule has 0 N–H and O–H groups in total. The highest BCUT2D eigenvalue weighted by Gasteiger charge is 2.35. The van der Waals surface area contributed by atoms with Crippen LogP contribution in [-0.2, 0) is 5.41 Å². The Kier molecular flexibility index (Phi) is 8.57. The number of rotatable bonds is 10. The highest BCUT2D eigenvalue weighted by atomic mass is 19.2. The summed E-state index contributed by atoms with van der Waals surface area (Å²) in [6.07, 6.45) is 23.7. The van der Waals surface area contributed by atoms with Crippen molar-refractivity contribution in [2.75, 3.05) is 0 Å². The minimum Gasteiger partial charge on any atom is -0.204 e. The van der Waals surface area contributed by atoms with Crippen molar-refractivity contribution < 1.29 is 8.78 Å². The number of hydrogen-bond acceptors (Lipinski definition) is 0. The molecule has 2 aliphatic carbocycles. The Hall–Kier alpha value is -0.920. The first kappa shape index (κ1) is 22.8. The van der Waals surface area contributed by atoms with Crippen molar-refractivity contribution >= 4 is 0 Å². The summed E-state index contributed by atoms with van der Waals surface area (Å²) in [5.41, 5.74) is 1.73. The first-order chi connectivity index (χ1) is 14.1. The van der Waals surface area contributed by atoms with E-state index in [1.807, 2.05) is 6.07 Å². The SMILES string of the molecule is CCCCCC1(CCCCC2(c3ccc(F)c(F)c3)CCCCC2)CCCCC1. The van der Waals surface area contributed by atoms with E-state index in [9.17, 15) is 8.78 Å². The molecule has 0 atom stereocenters. The number of unbranched alkanes of at least 4 members (excludes halogenated alkanes) is 3. The lowest BCUT2D eigenvalue weighted by Gasteiger charge is -2.40. The summed E-state index contributed by atoms with van der Waals surface area (Å²) in [7, 11) is 0. The van der Waals surface area contributed by atoms with E-state index in [1.165, 1.54) is 108 Å². The maximum Gasteiger partial charge on any atom is 0.159 e. The molecular formula is C27H42F2. The zero-order chi connectivity index (χ0) is 20.6. The van der Waals surface area contributed by atoms with Crippen molar-refractivity contribution in [2.24, 2.45) is 5.41 Å². The van der Waals surface area contributed by atoms with Gasteiger partial charge < -0.3 is 0 Å². The van der Waals surface area contributed by atoms with E-state index in [2.05, 4.69) is 6.92 Å². The molecule has 0 heterocycles. The Labute approximate surface area is 177 Å². The molecule has 0 amide bonds. The third-order valence-electron chi connectivity index (χ3n) is 8.18. The van der Waals surface area contributed by atoms with E-state index in [0.29, 0.717) is 5.41 Å². The largest absolute Gasteiger partial charge is 0.204 e. The smallest absolute Gasteiger partial charge is 0.159 e. The second kappa shape index (κ2) is 10.9. The van der Waals surface area contributed by atoms with Crippen molar-refractivity contribution in [3.8, 4) is 0 Å². The van der Waals surface area contributed by atoms with Crippen LogP contribution in [0.25, 0.3) is 0 Å². The second-order valence-electron chi connectivity index (χ2n) is 10.2. The minimum absolute atomic E-state index is 0.0781. The van der Waals surface area contributed by atoms with Crippen molar-refractivity contribution in [2.45, 2.75) is 128 Å². The van der Waals surface area contributed by atoms with Gasteiger partial charge in [0.05, 0.1) is 0 Å². The molecular weight excluding hydrogens is 362 g/mol. The first-order valence-corrected chi connectivity index (χ1v) is 12.5. The van der Waals surface area contributed by atoms with Gasteiger partial charge in [-0.25, -0.2) is 8.78 Å². The normalized spacial score (nSPS) is 21.2. The molecule has 2 heteroatoms. The Balaban J connectivity index is 1.59. The fourth-order valence-corrected chi connectivity index (χ4v) is 6.38. The van der Waals surface area contributed by atoms with Crippen LogP contribution in [0.1, 0.15) is 128 Å². The molecule has 0 aromatic heterocycles. The van der Waals surface area contributed by atoms with Crippen LogP contribution in [-0.4, -0.2) is 0 Å². The Morgan fingerprint density at radius 3 is 1.90 bits per heavy atom. The van der Waals surface area contributed by atoms with E-state index in [-0.39, 0.29) is 5.41 Å². The number of hydrogen-bond donors (Lipinski definition) is 0. The van der Waals surface area contributed by atoms with Crippen LogP contribution < -0.4 is 0 Å². The van der Waals surface area contributed by atoms with Crippen LogP contribution >= 0.6 is 0 Å². The van der Waals surface area contributed by atoms with Gasteiger partial charge in [-0.1, -0.05) is 83.6 Å². The summed E-state index contributed by atoms with van der Waals surface area (Å²) in [5, 5.41) is 0. The third kappa shape index (κ3) is 6.05. The van der Waals surface area contributed by atoms with Gasteiger partial charge >= 0.3 is 0 Å². The first-order valence-electron chi connectivity index (χ1n) is 12.5. The maximum absolute atomic E-state index is 14.0.